The van der Waals surface area contributed by atoms with Crippen LogP contribution >= 0.6 is 0 Å². The van der Waals surface area contributed by atoms with Crippen LogP contribution in [0.25, 0.3) is 0 Å². The molecule has 1 rings (SSSR count). The summed E-state index contributed by atoms with van der Waals surface area (Å²) in [6.45, 7) is 1.20. The van der Waals surface area contributed by atoms with Crippen LogP contribution in [0.15, 0.2) is 0 Å². The number of ether oxygens (including phenoxy) is 1. The minimum Gasteiger partial charge on any atom is -0.447 e. The van der Waals surface area contributed by atoms with E-state index in [2.05, 4.69) is 0 Å². The predicted molar refractivity (Wildman–Crippen MR) is 45.2 cm³/mol. The third kappa shape index (κ3) is 2.86. The summed E-state index contributed by atoms with van der Waals surface area (Å²) >= 11 is 0. The van der Waals surface area contributed by atoms with E-state index in [-0.39, 0.29) is 25.7 Å². The number of rotatable bonds is 3. The molecule has 1 fully saturated rings. The van der Waals surface area contributed by atoms with E-state index in [0.717, 1.165) is 6.42 Å². The first kappa shape index (κ1) is 10.3. The molecule has 0 aromatic carbocycles. The Labute approximate surface area is 76.9 Å². The van der Waals surface area contributed by atoms with Crippen molar-refractivity contribution in [2.45, 2.75) is 6.42 Å². The largest absolute Gasteiger partial charge is 0.447 e. The van der Waals surface area contributed by atoms with Crippen LogP contribution in [0.3, 0.4) is 0 Å². The van der Waals surface area contributed by atoms with E-state index < -0.39 is 6.09 Å². The second kappa shape index (κ2) is 5.04. The van der Waals surface area contributed by atoms with Crippen LogP contribution in [0.1, 0.15) is 6.42 Å². The highest BCUT2D eigenvalue weighted by atomic mass is 16.6. The first-order chi connectivity index (χ1) is 6.27. The minimum atomic E-state index is -0.398. The number of nitrogens with zero attached hydrogens (tertiary/aromatic N) is 1. The summed E-state index contributed by atoms with van der Waals surface area (Å²) in [6, 6.07) is 0. The molecule has 0 aromatic heterocycles. The molecule has 0 spiro atoms. The van der Waals surface area contributed by atoms with Crippen molar-refractivity contribution in [3.8, 4) is 0 Å². The first-order valence-electron chi connectivity index (χ1n) is 4.41. The molecule has 1 saturated heterocycles. The monoisotopic (exact) mass is 189 g/mol. The molecule has 0 aliphatic carbocycles. The smallest absolute Gasteiger partial charge is 0.409 e. The topological polar surface area (TPSA) is 70.0 Å². The Hall–Kier alpha value is -0.810. The number of hydrogen-bond donors (Lipinski definition) is 2. The molecular weight excluding hydrogens is 174 g/mol. The molecule has 1 unspecified atom stereocenters. The van der Waals surface area contributed by atoms with Gasteiger partial charge < -0.3 is 19.8 Å². The molecule has 1 amide bonds. The molecular formula is C8H15NO4. The normalized spacial score (nSPS) is 22.0. The standard InChI is InChI=1S/C8H15NO4/c10-3-4-13-8(12)9-2-1-7(5-9)6-11/h7,10-11H,1-6H2. The molecule has 0 radical (unpaired) electrons. The maximum atomic E-state index is 11.2. The zero-order chi connectivity index (χ0) is 9.68. The minimum absolute atomic E-state index is 0.0408. The molecule has 5 nitrogen and oxygen atoms in total. The van der Waals surface area contributed by atoms with Crippen LogP contribution < -0.4 is 0 Å². The van der Waals surface area contributed by atoms with Crippen LogP contribution in [0.4, 0.5) is 4.79 Å². The molecule has 76 valence electrons. The number of likely N-dealkylation sites (tertiary alicyclic amines) is 1. The lowest BCUT2D eigenvalue weighted by molar-refractivity contribution is 0.0886. The summed E-state index contributed by atoms with van der Waals surface area (Å²) in [6.07, 6.45) is 0.426. The molecule has 1 heterocycles. The average Bonchev–Trinajstić information content (AvgIpc) is 2.62. The molecule has 1 aliphatic heterocycles. The van der Waals surface area contributed by atoms with Crippen LogP contribution in [-0.2, 0) is 4.74 Å². The first-order valence-corrected chi connectivity index (χ1v) is 4.41. The summed E-state index contributed by atoms with van der Waals surface area (Å²) in [5.74, 6) is 0.182. The van der Waals surface area contributed by atoms with Crippen molar-refractivity contribution in [3.05, 3.63) is 0 Å². The van der Waals surface area contributed by atoms with Gasteiger partial charge in [-0.05, 0) is 6.42 Å². The van der Waals surface area contributed by atoms with Gasteiger partial charge in [-0.1, -0.05) is 0 Å². The fourth-order valence-electron chi connectivity index (χ4n) is 1.37. The van der Waals surface area contributed by atoms with Gasteiger partial charge in [0.2, 0.25) is 0 Å². The highest BCUT2D eigenvalue weighted by Crippen LogP contribution is 2.15. The Morgan fingerprint density at radius 2 is 2.31 bits per heavy atom. The third-order valence-electron chi connectivity index (χ3n) is 2.12. The lowest BCUT2D eigenvalue weighted by atomic mass is 10.1. The Bertz CT molecular complexity index is 174. The molecule has 5 heteroatoms. The third-order valence-corrected chi connectivity index (χ3v) is 2.12. The number of carbonyl (C=O) groups excluding carboxylic acids is 1. The van der Waals surface area contributed by atoms with Gasteiger partial charge in [0.25, 0.3) is 0 Å². The van der Waals surface area contributed by atoms with Crippen LogP contribution in [-0.4, -0.2) is 54.1 Å². The summed E-state index contributed by atoms with van der Waals surface area (Å²) in [4.78, 5) is 12.7. The lowest BCUT2D eigenvalue weighted by Gasteiger charge is -2.15. The number of aliphatic hydroxyl groups is 2. The van der Waals surface area contributed by atoms with Gasteiger partial charge in [-0.3, -0.25) is 0 Å². The lowest BCUT2D eigenvalue weighted by Crippen LogP contribution is -2.30. The van der Waals surface area contributed by atoms with Crippen molar-refractivity contribution in [3.63, 3.8) is 0 Å². The van der Waals surface area contributed by atoms with Crippen LogP contribution in [0.5, 0.6) is 0 Å². The Morgan fingerprint density at radius 3 is 2.85 bits per heavy atom. The highest BCUT2D eigenvalue weighted by Gasteiger charge is 2.26. The second-order valence-electron chi connectivity index (χ2n) is 3.12. The number of hydrogen-bond acceptors (Lipinski definition) is 4. The van der Waals surface area contributed by atoms with Crippen LogP contribution in [0.2, 0.25) is 0 Å². The van der Waals surface area contributed by atoms with E-state index in [1.165, 1.54) is 0 Å². The Kier molecular flexibility index (Phi) is 3.98. The molecule has 2 N–H and O–H groups in total. The van der Waals surface area contributed by atoms with Gasteiger partial charge in [-0.2, -0.15) is 0 Å². The summed E-state index contributed by atoms with van der Waals surface area (Å²) in [7, 11) is 0. The zero-order valence-electron chi connectivity index (χ0n) is 7.48. The molecule has 0 saturated carbocycles. The van der Waals surface area contributed by atoms with E-state index in [1.54, 1.807) is 4.90 Å². The fraction of sp³-hybridized carbons (Fsp3) is 0.875. The van der Waals surface area contributed by atoms with Gasteiger partial charge in [0.05, 0.1) is 6.61 Å². The molecule has 1 aliphatic rings. The number of carbonyl (C=O) groups is 1. The Morgan fingerprint density at radius 1 is 1.54 bits per heavy atom. The highest BCUT2D eigenvalue weighted by molar-refractivity contribution is 5.67. The summed E-state index contributed by atoms with van der Waals surface area (Å²) < 4.78 is 4.72. The Balaban J connectivity index is 2.25. The van der Waals surface area contributed by atoms with Crippen molar-refractivity contribution in [2.75, 3.05) is 32.9 Å². The van der Waals surface area contributed by atoms with Gasteiger partial charge in [0, 0.05) is 25.6 Å². The predicted octanol–water partition coefficient (Wildman–Crippen LogP) is -0.570. The molecule has 0 bridgehead atoms. The van der Waals surface area contributed by atoms with Gasteiger partial charge in [-0.25, -0.2) is 4.79 Å². The van der Waals surface area contributed by atoms with E-state index >= 15 is 0 Å². The van der Waals surface area contributed by atoms with E-state index in [9.17, 15) is 4.79 Å². The number of amides is 1. The SMILES string of the molecule is O=C(OCCO)N1CCC(CO)C1. The second-order valence-corrected chi connectivity index (χ2v) is 3.12. The van der Waals surface area contributed by atoms with Gasteiger partial charge in [0.15, 0.2) is 0 Å². The van der Waals surface area contributed by atoms with E-state index in [4.69, 9.17) is 14.9 Å². The van der Waals surface area contributed by atoms with Gasteiger partial charge >= 0.3 is 6.09 Å². The summed E-state index contributed by atoms with van der Waals surface area (Å²) in [5, 5.41) is 17.2. The van der Waals surface area contributed by atoms with Gasteiger partial charge in [-0.15, -0.1) is 0 Å². The maximum absolute atomic E-state index is 11.2. The van der Waals surface area contributed by atoms with Crippen molar-refractivity contribution in [2.24, 2.45) is 5.92 Å². The van der Waals surface area contributed by atoms with Crippen molar-refractivity contribution >= 4 is 6.09 Å². The van der Waals surface area contributed by atoms with Gasteiger partial charge in [0.1, 0.15) is 6.61 Å². The molecule has 0 aromatic rings. The van der Waals surface area contributed by atoms with E-state index in [0.29, 0.717) is 13.1 Å². The summed E-state index contributed by atoms with van der Waals surface area (Å²) in [5.41, 5.74) is 0. The average molecular weight is 189 g/mol. The maximum Gasteiger partial charge on any atom is 0.409 e. The van der Waals surface area contributed by atoms with Crippen molar-refractivity contribution in [1.29, 1.82) is 0 Å². The van der Waals surface area contributed by atoms with Crippen molar-refractivity contribution < 1.29 is 19.7 Å². The number of aliphatic hydroxyl groups excluding tert-OH is 2. The quantitative estimate of drug-likeness (QED) is 0.623. The van der Waals surface area contributed by atoms with Crippen LogP contribution in [0, 0.1) is 5.92 Å². The fourth-order valence-corrected chi connectivity index (χ4v) is 1.37. The zero-order valence-corrected chi connectivity index (χ0v) is 7.48. The molecule has 13 heavy (non-hydrogen) atoms. The van der Waals surface area contributed by atoms with E-state index in [1.807, 2.05) is 0 Å². The molecule has 1 atom stereocenters. The van der Waals surface area contributed by atoms with Crippen molar-refractivity contribution in [1.82, 2.24) is 4.90 Å².